The van der Waals surface area contributed by atoms with Crippen LogP contribution < -0.4 is 5.73 Å². The molecule has 0 aromatic heterocycles. The molecule has 1 unspecified atom stereocenters. The molecule has 1 atom stereocenters. The van der Waals surface area contributed by atoms with Crippen LogP contribution in [0.15, 0.2) is 42.5 Å². The summed E-state index contributed by atoms with van der Waals surface area (Å²) in [6.45, 7) is 0. The Hall–Kier alpha value is -1.67. The lowest BCUT2D eigenvalue weighted by molar-refractivity contribution is 0.618. The topological polar surface area (TPSA) is 26.0 Å². The SMILES string of the molecule is NC(Cc1ccc2c(c1)CCC2)c1cccc(F)c1. The molecule has 2 aromatic rings. The van der Waals surface area contributed by atoms with Crippen LogP contribution in [0.25, 0.3) is 0 Å². The number of benzene rings is 2. The van der Waals surface area contributed by atoms with E-state index >= 15 is 0 Å². The maximum Gasteiger partial charge on any atom is 0.123 e. The molecule has 0 spiro atoms. The summed E-state index contributed by atoms with van der Waals surface area (Å²) in [6, 6.07) is 13.1. The van der Waals surface area contributed by atoms with Gasteiger partial charge in [-0.25, -0.2) is 4.39 Å². The fourth-order valence-corrected chi connectivity index (χ4v) is 2.86. The van der Waals surface area contributed by atoms with Crippen LogP contribution in [0.4, 0.5) is 4.39 Å². The summed E-state index contributed by atoms with van der Waals surface area (Å²) in [5.74, 6) is -0.220. The number of hydrogen-bond donors (Lipinski definition) is 1. The van der Waals surface area contributed by atoms with Crippen LogP contribution in [0.2, 0.25) is 0 Å². The number of rotatable bonds is 3. The Morgan fingerprint density at radius 1 is 1.05 bits per heavy atom. The van der Waals surface area contributed by atoms with Gasteiger partial charge in [-0.2, -0.15) is 0 Å². The second kappa shape index (κ2) is 5.14. The molecule has 2 heteroatoms. The average Bonchev–Trinajstić information content (AvgIpc) is 2.86. The van der Waals surface area contributed by atoms with Gasteiger partial charge in [0, 0.05) is 6.04 Å². The first-order chi connectivity index (χ1) is 9.22. The van der Waals surface area contributed by atoms with E-state index in [2.05, 4.69) is 18.2 Å². The van der Waals surface area contributed by atoms with Gasteiger partial charge in [0.15, 0.2) is 0 Å². The Morgan fingerprint density at radius 2 is 1.89 bits per heavy atom. The van der Waals surface area contributed by atoms with E-state index in [1.165, 1.54) is 48.1 Å². The van der Waals surface area contributed by atoms with E-state index < -0.39 is 0 Å². The Morgan fingerprint density at radius 3 is 2.74 bits per heavy atom. The van der Waals surface area contributed by atoms with Crippen LogP contribution in [0.3, 0.4) is 0 Å². The van der Waals surface area contributed by atoms with Gasteiger partial charge in [-0.1, -0.05) is 30.3 Å². The molecule has 0 heterocycles. The molecule has 0 bridgehead atoms. The Bertz CT molecular complexity index is 592. The summed E-state index contributed by atoms with van der Waals surface area (Å²) in [6.07, 6.45) is 4.40. The third kappa shape index (κ3) is 2.69. The fraction of sp³-hybridized carbons (Fsp3) is 0.294. The van der Waals surface area contributed by atoms with Crippen molar-refractivity contribution in [3.05, 3.63) is 70.5 Å². The first-order valence-corrected chi connectivity index (χ1v) is 6.84. The second-order valence-corrected chi connectivity index (χ2v) is 5.32. The molecule has 0 radical (unpaired) electrons. The van der Waals surface area contributed by atoms with Gasteiger partial charge in [0.2, 0.25) is 0 Å². The molecule has 2 N–H and O–H groups in total. The summed E-state index contributed by atoms with van der Waals surface area (Å²) in [5.41, 5.74) is 11.2. The van der Waals surface area contributed by atoms with Crippen LogP contribution in [0.5, 0.6) is 0 Å². The Labute approximate surface area is 113 Å². The van der Waals surface area contributed by atoms with E-state index in [-0.39, 0.29) is 11.9 Å². The van der Waals surface area contributed by atoms with Crippen LogP contribution in [-0.2, 0) is 19.3 Å². The van der Waals surface area contributed by atoms with Crippen molar-refractivity contribution in [2.45, 2.75) is 31.7 Å². The molecule has 0 fully saturated rings. The minimum Gasteiger partial charge on any atom is -0.324 e. The van der Waals surface area contributed by atoms with Gasteiger partial charge in [-0.3, -0.25) is 0 Å². The number of aryl methyl sites for hydroxylation is 2. The molecule has 3 rings (SSSR count). The average molecular weight is 255 g/mol. The molecule has 19 heavy (non-hydrogen) atoms. The quantitative estimate of drug-likeness (QED) is 0.891. The summed E-state index contributed by atoms with van der Waals surface area (Å²) in [7, 11) is 0. The minimum atomic E-state index is -0.220. The standard InChI is InChI=1S/C17H18FN/c18-16-6-2-5-15(11-16)17(19)10-12-7-8-13-3-1-4-14(13)9-12/h2,5-9,11,17H,1,3-4,10,19H2. The summed E-state index contributed by atoms with van der Waals surface area (Å²) in [5, 5.41) is 0. The maximum absolute atomic E-state index is 13.2. The minimum absolute atomic E-state index is 0.143. The third-order valence-electron chi connectivity index (χ3n) is 3.90. The van der Waals surface area contributed by atoms with Crippen LogP contribution in [0, 0.1) is 5.82 Å². The van der Waals surface area contributed by atoms with Crippen LogP contribution in [0.1, 0.15) is 34.7 Å². The van der Waals surface area contributed by atoms with Crippen molar-refractivity contribution in [2.24, 2.45) is 5.73 Å². The zero-order valence-corrected chi connectivity index (χ0v) is 10.9. The zero-order valence-electron chi connectivity index (χ0n) is 10.9. The van der Waals surface area contributed by atoms with Gasteiger partial charge in [-0.15, -0.1) is 0 Å². The van der Waals surface area contributed by atoms with E-state index in [1.807, 2.05) is 6.07 Å². The lowest BCUT2D eigenvalue weighted by atomic mass is 9.97. The van der Waals surface area contributed by atoms with E-state index in [0.29, 0.717) is 0 Å². The first-order valence-electron chi connectivity index (χ1n) is 6.84. The predicted octanol–water partition coefficient (Wildman–Crippen LogP) is 3.56. The lowest BCUT2D eigenvalue weighted by Crippen LogP contribution is -2.13. The molecule has 1 nitrogen and oxygen atoms in total. The highest BCUT2D eigenvalue weighted by Gasteiger charge is 2.13. The first kappa shape index (κ1) is 12.4. The molecule has 0 aliphatic heterocycles. The largest absolute Gasteiger partial charge is 0.324 e. The number of hydrogen-bond acceptors (Lipinski definition) is 1. The van der Waals surface area contributed by atoms with Crippen molar-refractivity contribution in [2.75, 3.05) is 0 Å². The molecule has 98 valence electrons. The summed E-state index contributed by atoms with van der Waals surface area (Å²) in [4.78, 5) is 0. The summed E-state index contributed by atoms with van der Waals surface area (Å²) < 4.78 is 13.2. The highest BCUT2D eigenvalue weighted by atomic mass is 19.1. The number of fused-ring (bicyclic) bond motifs is 1. The van der Waals surface area contributed by atoms with Crippen molar-refractivity contribution < 1.29 is 4.39 Å². The summed E-state index contributed by atoms with van der Waals surface area (Å²) >= 11 is 0. The van der Waals surface area contributed by atoms with Crippen LogP contribution in [-0.4, -0.2) is 0 Å². The second-order valence-electron chi connectivity index (χ2n) is 5.32. The zero-order chi connectivity index (χ0) is 13.2. The van der Waals surface area contributed by atoms with Crippen molar-refractivity contribution >= 4 is 0 Å². The molecular formula is C17H18FN. The maximum atomic E-state index is 13.2. The highest BCUT2D eigenvalue weighted by Crippen LogP contribution is 2.25. The molecule has 0 saturated carbocycles. The van der Waals surface area contributed by atoms with Gasteiger partial charge >= 0.3 is 0 Å². The van der Waals surface area contributed by atoms with E-state index in [0.717, 1.165) is 12.0 Å². The monoisotopic (exact) mass is 255 g/mol. The van der Waals surface area contributed by atoms with E-state index in [9.17, 15) is 4.39 Å². The number of nitrogens with two attached hydrogens (primary N) is 1. The molecule has 1 aliphatic rings. The van der Waals surface area contributed by atoms with Gasteiger partial charge in [-0.05, 0) is 60.1 Å². The third-order valence-corrected chi connectivity index (χ3v) is 3.90. The Kier molecular flexibility index (Phi) is 3.34. The number of halogens is 1. The van der Waals surface area contributed by atoms with Crippen molar-refractivity contribution in [3.63, 3.8) is 0 Å². The fourth-order valence-electron chi connectivity index (χ4n) is 2.86. The van der Waals surface area contributed by atoms with Crippen LogP contribution >= 0.6 is 0 Å². The predicted molar refractivity (Wildman–Crippen MR) is 75.5 cm³/mol. The van der Waals surface area contributed by atoms with Crippen molar-refractivity contribution in [3.8, 4) is 0 Å². The lowest BCUT2D eigenvalue weighted by Gasteiger charge is -2.13. The molecule has 0 amide bonds. The van der Waals surface area contributed by atoms with Gasteiger partial charge in [0.25, 0.3) is 0 Å². The van der Waals surface area contributed by atoms with E-state index in [1.54, 1.807) is 6.07 Å². The van der Waals surface area contributed by atoms with Gasteiger partial charge < -0.3 is 5.73 Å². The molecular weight excluding hydrogens is 237 g/mol. The Balaban J connectivity index is 1.77. The molecule has 1 aliphatic carbocycles. The van der Waals surface area contributed by atoms with Crippen molar-refractivity contribution in [1.29, 1.82) is 0 Å². The van der Waals surface area contributed by atoms with Gasteiger partial charge in [0.1, 0.15) is 5.82 Å². The van der Waals surface area contributed by atoms with Gasteiger partial charge in [0.05, 0.1) is 0 Å². The van der Waals surface area contributed by atoms with E-state index in [4.69, 9.17) is 5.73 Å². The molecule has 2 aromatic carbocycles. The molecule has 0 saturated heterocycles. The van der Waals surface area contributed by atoms with Crippen molar-refractivity contribution in [1.82, 2.24) is 0 Å². The smallest absolute Gasteiger partial charge is 0.123 e. The normalized spacial score (nSPS) is 15.3. The highest BCUT2D eigenvalue weighted by molar-refractivity contribution is 5.36.